The lowest BCUT2D eigenvalue weighted by Crippen LogP contribution is -2.20. The smallest absolute Gasteiger partial charge is 0.259 e. The van der Waals surface area contributed by atoms with Gasteiger partial charge in [0.25, 0.3) is 11.8 Å². The summed E-state index contributed by atoms with van der Waals surface area (Å²) in [4.78, 5) is 22.7. The van der Waals surface area contributed by atoms with Crippen molar-refractivity contribution in [2.45, 2.75) is 13.8 Å². The highest BCUT2D eigenvalue weighted by Gasteiger charge is 2.13. The predicted molar refractivity (Wildman–Crippen MR) is 77.3 cm³/mol. The van der Waals surface area contributed by atoms with Crippen molar-refractivity contribution in [2.75, 3.05) is 11.9 Å². The number of ether oxygens (including phenoxy) is 1. The summed E-state index contributed by atoms with van der Waals surface area (Å²) >= 11 is 0. The number of rotatable bonds is 5. The molecule has 1 aromatic heterocycles. The fourth-order valence-corrected chi connectivity index (χ4v) is 1.84. The van der Waals surface area contributed by atoms with Crippen LogP contribution < -0.4 is 15.8 Å². The largest absolute Gasteiger partial charge is 0.484 e. The van der Waals surface area contributed by atoms with Crippen molar-refractivity contribution in [2.24, 2.45) is 5.73 Å². The summed E-state index contributed by atoms with van der Waals surface area (Å²) in [6, 6.07) is 8.33. The zero-order chi connectivity index (χ0) is 15.4. The molecule has 2 amide bonds. The maximum Gasteiger partial charge on any atom is 0.259 e. The summed E-state index contributed by atoms with van der Waals surface area (Å²) in [7, 11) is 0. The zero-order valence-corrected chi connectivity index (χ0v) is 11.8. The first-order valence-electron chi connectivity index (χ1n) is 6.35. The normalized spacial score (nSPS) is 10.2. The van der Waals surface area contributed by atoms with E-state index in [1.807, 2.05) is 0 Å². The van der Waals surface area contributed by atoms with Gasteiger partial charge in [-0.3, -0.25) is 9.59 Å². The summed E-state index contributed by atoms with van der Waals surface area (Å²) in [6.07, 6.45) is 0. The number of benzene rings is 1. The van der Waals surface area contributed by atoms with Gasteiger partial charge in [-0.15, -0.1) is 0 Å². The van der Waals surface area contributed by atoms with Crippen LogP contribution in [0.2, 0.25) is 0 Å². The zero-order valence-electron chi connectivity index (χ0n) is 11.8. The van der Waals surface area contributed by atoms with Gasteiger partial charge in [-0.25, -0.2) is 0 Å². The van der Waals surface area contributed by atoms with Crippen molar-refractivity contribution in [1.29, 1.82) is 0 Å². The van der Waals surface area contributed by atoms with Crippen LogP contribution >= 0.6 is 0 Å². The van der Waals surface area contributed by atoms with Gasteiger partial charge in [-0.2, -0.15) is 0 Å². The lowest BCUT2D eigenvalue weighted by atomic mass is 10.2. The molecule has 21 heavy (non-hydrogen) atoms. The number of hydrogen-bond acceptors (Lipinski definition) is 4. The van der Waals surface area contributed by atoms with E-state index in [4.69, 9.17) is 14.9 Å². The van der Waals surface area contributed by atoms with Gasteiger partial charge in [0.05, 0.1) is 5.56 Å². The Bertz CT molecular complexity index is 659. The minimum Gasteiger partial charge on any atom is -0.484 e. The first-order valence-corrected chi connectivity index (χ1v) is 6.35. The number of anilines is 1. The first-order chi connectivity index (χ1) is 9.95. The third-order valence-corrected chi connectivity index (χ3v) is 2.78. The highest BCUT2D eigenvalue weighted by Crippen LogP contribution is 2.18. The van der Waals surface area contributed by atoms with E-state index in [1.54, 1.807) is 44.2 Å². The molecule has 0 atom stereocenters. The summed E-state index contributed by atoms with van der Waals surface area (Å²) in [5, 5.41) is 2.76. The van der Waals surface area contributed by atoms with Gasteiger partial charge < -0.3 is 20.2 Å². The van der Waals surface area contributed by atoms with E-state index in [2.05, 4.69) is 5.32 Å². The highest BCUT2D eigenvalue weighted by molar-refractivity contribution is 6.05. The van der Waals surface area contributed by atoms with Gasteiger partial charge in [0.1, 0.15) is 17.3 Å². The summed E-state index contributed by atoms with van der Waals surface area (Å²) in [5.74, 6) is 0.981. The van der Waals surface area contributed by atoms with Gasteiger partial charge in [-0.1, -0.05) is 0 Å². The Morgan fingerprint density at radius 3 is 2.43 bits per heavy atom. The number of amides is 2. The molecular formula is C15H16N2O4. The fourth-order valence-electron chi connectivity index (χ4n) is 1.84. The summed E-state index contributed by atoms with van der Waals surface area (Å²) in [6.45, 7) is 3.34. The van der Waals surface area contributed by atoms with Gasteiger partial charge in [-0.05, 0) is 44.2 Å². The van der Waals surface area contributed by atoms with Crippen molar-refractivity contribution in [3.8, 4) is 5.75 Å². The molecule has 2 rings (SSSR count). The molecule has 2 aromatic rings. The van der Waals surface area contributed by atoms with Gasteiger partial charge >= 0.3 is 0 Å². The monoisotopic (exact) mass is 288 g/mol. The van der Waals surface area contributed by atoms with Crippen LogP contribution in [0.3, 0.4) is 0 Å². The van der Waals surface area contributed by atoms with E-state index in [1.165, 1.54) is 0 Å². The van der Waals surface area contributed by atoms with Crippen molar-refractivity contribution >= 4 is 17.5 Å². The number of carbonyl (C=O) groups is 2. The number of furan rings is 1. The second-order valence-electron chi connectivity index (χ2n) is 4.56. The van der Waals surface area contributed by atoms with E-state index in [0.717, 1.165) is 0 Å². The van der Waals surface area contributed by atoms with Crippen LogP contribution in [-0.2, 0) is 4.79 Å². The maximum atomic E-state index is 12.1. The highest BCUT2D eigenvalue weighted by atomic mass is 16.5. The van der Waals surface area contributed by atoms with E-state index in [-0.39, 0.29) is 12.5 Å². The average molecular weight is 288 g/mol. The first kappa shape index (κ1) is 14.6. The molecule has 0 aliphatic carbocycles. The summed E-state index contributed by atoms with van der Waals surface area (Å²) in [5.41, 5.74) is 6.10. The second-order valence-corrected chi connectivity index (χ2v) is 4.56. The Balaban J connectivity index is 2.01. The Labute approximate surface area is 121 Å². The quantitative estimate of drug-likeness (QED) is 0.879. The van der Waals surface area contributed by atoms with Crippen LogP contribution in [0.4, 0.5) is 5.69 Å². The average Bonchev–Trinajstić information content (AvgIpc) is 2.77. The molecule has 0 radical (unpaired) electrons. The Morgan fingerprint density at radius 1 is 1.24 bits per heavy atom. The molecule has 1 heterocycles. The van der Waals surface area contributed by atoms with Crippen molar-refractivity contribution < 1.29 is 18.7 Å². The molecule has 0 spiro atoms. The van der Waals surface area contributed by atoms with Gasteiger partial charge in [0.15, 0.2) is 6.61 Å². The summed E-state index contributed by atoms with van der Waals surface area (Å²) < 4.78 is 10.5. The van der Waals surface area contributed by atoms with E-state index < -0.39 is 5.91 Å². The fraction of sp³-hybridized carbons (Fsp3) is 0.200. The number of carbonyl (C=O) groups excluding carboxylic acids is 2. The van der Waals surface area contributed by atoms with Gasteiger partial charge in [0, 0.05) is 5.69 Å². The van der Waals surface area contributed by atoms with Crippen LogP contribution in [0.15, 0.2) is 34.7 Å². The molecule has 0 saturated carbocycles. The lowest BCUT2D eigenvalue weighted by Gasteiger charge is -2.06. The van der Waals surface area contributed by atoms with E-state index in [9.17, 15) is 9.59 Å². The standard InChI is InChI=1S/C15H16N2O4/c1-9-7-13(10(2)21-9)15(19)17-11-3-5-12(6-4-11)20-8-14(16)18/h3-7H,8H2,1-2H3,(H2,16,18)(H,17,19). The van der Waals surface area contributed by atoms with Crippen molar-refractivity contribution in [3.63, 3.8) is 0 Å². The number of primary amides is 1. The molecule has 0 bridgehead atoms. The number of aryl methyl sites for hydroxylation is 2. The van der Waals surface area contributed by atoms with E-state index in [0.29, 0.717) is 28.5 Å². The Morgan fingerprint density at radius 2 is 1.90 bits per heavy atom. The Hall–Kier alpha value is -2.76. The lowest BCUT2D eigenvalue weighted by molar-refractivity contribution is -0.119. The molecule has 0 aliphatic heterocycles. The third kappa shape index (κ3) is 3.85. The number of nitrogens with two attached hydrogens (primary N) is 1. The molecule has 110 valence electrons. The minimum absolute atomic E-state index is 0.181. The predicted octanol–water partition coefficient (Wildman–Crippen LogP) is 2.01. The molecule has 0 saturated heterocycles. The Kier molecular flexibility index (Phi) is 4.27. The SMILES string of the molecule is Cc1cc(C(=O)Nc2ccc(OCC(N)=O)cc2)c(C)o1. The van der Waals surface area contributed by atoms with E-state index >= 15 is 0 Å². The second kappa shape index (κ2) is 6.13. The molecule has 0 fully saturated rings. The van der Waals surface area contributed by atoms with Crippen molar-refractivity contribution in [1.82, 2.24) is 0 Å². The molecule has 6 nitrogen and oxygen atoms in total. The van der Waals surface area contributed by atoms with Gasteiger partial charge in [0.2, 0.25) is 0 Å². The molecule has 0 aliphatic rings. The molecular weight excluding hydrogens is 272 g/mol. The third-order valence-electron chi connectivity index (χ3n) is 2.78. The number of hydrogen-bond donors (Lipinski definition) is 2. The maximum absolute atomic E-state index is 12.1. The van der Waals surface area contributed by atoms with Crippen LogP contribution in [0.25, 0.3) is 0 Å². The van der Waals surface area contributed by atoms with Crippen LogP contribution in [0, 0.1) is 13.8 Å². The van der Waals surface area contributed by atoms with Crippen molar-refractivity contribution in [3.05, 3.63) is 47.4 Å². The minimum atomic E-state index is -0.543. The van der Waals surface area contributed by atoms with Crippen LogP contribution in [-0.4, -0.2) is 18.4 Å². The molecule has 0 unspecified atom stereocenters. The van der Waals surface area contributed by atoms with Crippen LogP contribution in [0.1, 0.15) is 21.9 Å². The number of nitrogens with one attached hydrogen (secondary N) is 1. The molecule has 6 heteroatoms. The molecule has 1 aromatic carbocycles. The van der Waals surface area contributed by atoms with Crippen LogP contribution in [0.5, 0.6) is 5.75 Å². The topological polar surface area (TPSA) is 94.6 Å². The molecule has 3 N–H and O–H groups in total.